The van der Waals surface area contributed by atoms with Gasteiger partial charge in [0.05, 0.1) is 5.52 Å². The molecule has 1 N–H and O–H groups in total. The number of carbonyl (C=O) groups excluding carboxylic acids is 1. The molecule has 3 aromatic rings. The number of hydrogen-bond acceptors (Lipinski definition) is 2. The van der Waals surface area contributed by atoms with Crippen LogP contribution in [0.5, 0.6) is 0 Å². The number of hydrogen-bond donors (Lipinski definition) is 1. The lowest BCUT2D eigenvalue weighted by Gasteiger charge is -2.12. The summed E-state index contributed by atoms with van der Waals surface area (Å²) in [5, 5.41) is 3.69. The van der Waals surface area contributed by atoms with Crippen LogP contribution in [-0.4, -0.2) is 17.0 Å². The maximum atomic E-state index is 12.7. The minimum atomic E-state index is -0.0863. The van der Waals surface area contributed by atoms with Gasteiger partial charge in [0, 0.05) is 30.2 Å². The van der Waals surface area contributed by atoms with Gasteiger partial charge in [-0.05, 0) is 30.9 Å². The van der Waals surface area contributed by atoms with E-state index in [0.717, 1.165) is 28.8 Å². The quantitative estimate of drug-likeness (QED) is 0.672. The molecule has 2 aromatic heterocycles. The Morgan fingerprint density at radius 3 is 2.76 bits per heavy atom. The highest BCUT2D eigenvalue weighted by Gasteiger charge is 2.19. The first-order valence-corrected chi connectivity index (χ1v) is 8.94. The largest absolute Gasteiger partial charge is 0.460 e. The lowest BCUT2D eigenvalue weighted by atomic mass is 10.1. The van der Waals surface area contributed by atoms with Gasteiger partial charge in [0.25, 0.3) is 5.91 Å². The van der Waals surface area contributed by atoms with Crippen molar-refractivity contribution in [2.24, 2.45) is 5.92 Å². The predicted molar refractivity (Wildman–Crippen MR) is 101 cm³/mol. The molecule has 0 atom stereocenters. The van der Waals surface area contributed by atoms with Crippen LogP contribution >= 0.6 is 11.6 Å². The van der Waals surface area contributed by atoms with E-state index in [4.69, 9.17) is 16.0 Å². The summed E-state index contributed by atoms with van der Waals surface area (Å²) in [4.78, 5) is 12.7. The van der Waals surface area contributed by atoms with Gasteiger partial charge >= 0.3 is 0 Å². The van der Waals surface area contributed by atoms with E-state index in [2.05, 4.69) is 19.2 Å². The van der Waals surface area contributed by atoms with Gasteiger partial charge in [-0.2, -0.15) is 0 Å². The summed E-state index contributed by atoms with van der Waals surface area (Å²) >= 11 is 6.31. The Balaban J connectivity index is 1.93. The summed E-state index contributed by atoms with van der Waals surface area (Å²) in [6.45, 7) is 7.37. The first-order chi connectivity index (χ1) is 12.0. The smallest absolute Gasteiger partial charge is 0.268 e. The molecule has 5 heteroatoms. The number of carbonyl (C=O) groups is 1. The van der Waals surface area contributed by atoms with Crippen molar-refractivity contribution < 1.29 is 9.21 Å². The number of furan rings is 1. The fourth-order valence-electron chi connectivity index (χ4n) is 2.89. The van der Waals surface area contributed by atoms with E-state index in [1.807, 2.05) is 47.9 Å². The summed E-state index contributed by atoms with van der Waals surface area (Å²) < 4.78 is 7.69. The number of benzene rings is 1. The molecule has 2 heterocycles. The van der Waals surface area contributed by atoms with Gasteiger partial charge in [-0.25, -0.2) is 0 Å². The molecule has 0 unspecified atom stereocenters. The average molecular weight is 359 g/mol. The van der Waals surface area contributed by atoms with Crippen LogP contribution in [0.1, 0.15) is 42.1 Å². The number of fused-ring (bicyclic) bond motifs is 1. The zero-order valence-corrected chi connectivity index (χ0v) is 15.6. The van der Waals surface area contributed by atoms with E-state index in [0.29, 0.717) is 29.7 Å². The van der Waals surface area contributed by atoms with E-state index >= 15 is 0 Å². The van der Waals surface area contributed by atoms with Crippen LogP contribution < -0.4 is 5.32 Å². The van der Waals surface area contributed by atoms with Gasteiger partial charge < -0.3 is 14.3 Å². The molecule has 1 aromatic carbocycles. The summed E-state index contributed by atoms with van der Waals surface area (Å²) in [6, 6.07) is 11.5. The van der Waals surface area contributed by atoms with E-state index < -0.39 is 0 Å². The third-order valence-corrected chi connectivity index (χ3v) is 4.61. The summed E-state index contributed by atoms with van der Waals surface area (Å²) in [7, 11) is 0. The molecular formula is C20H23ClN2O2. The molecule has 0 saturated carbocycles. The average Bonchev–Trinajstić information content (AvgIpc) is 3.06. The van der Waals surface area contributed by atoms with Gasteiger partial charge in [0.1, 0.15) is 11.5 Å². The van der Waals surface area contributed by atoms with E-state index in [-0.39, 0.29) is 5.91 Å². The second-order valence-corrected chi connectivity index (χ2v) is 7.16. The van der Waals surface area contributed by atoms with Gasteiger partial charge in [-0.3, -0.25) is 4.79 Å². The zero-order valence-electron chi connectivity index (χ0n) is 14.8. The summed E-state index contributed by atoms with van der Waals surface area (Å²) in [5.74, 6) is 1.29. The molecule has 4 nitrogen and oxygen atoms in total. The number of nitrogens with zero attached hydrogens (tertiary/aromatic N) is 1. The van der Waals surface area contributed by atoms with E-state index in [9.17, 15) is 4.79 Å². The molecule has 3 rings (SSSR count). The molecule has 0 aliphatic carbocycles. The number of nitrogens with one attached hydrogen (secondary N) is 1. The Morgan fingerprint density at radius 2 is 2.04 bits per heavy atom. The van der Waals surface area contributed by atoms with Crippen LogP contribution in [0, 0.1) is 12.8 Å². The van der Waals surface area contributed by atoms with Gasteiger partial charge in [-0.1, -0.05) is 43.6 Å². The van der Waals surface area contributed by atoms with Gasteiger partial charge in [-0.15, -0.1) is 0 Å². The lowest BCUT2D eigenvalue weighted by Crippen LogP contribution is -2.27. The van der Waals surface area contributed by atoms with Crippen LogP contribution in [0.25, 0.3) is 11.1 Å². The second-order valence-electron chi connectivity index (χ2n) is 6.75. The van der Waals surface area contributed by atoms with Crippen LogP contribution in [0.15, 0.2) is 40.8 Å². The van der Waals surface area contributed by atoms with Crippen molar-refractivity contribution in [1.82, 2.24) is 9.88 Å². The molecular weight excluding hydrogens is 336 g/mol. The minimum absolute atomic E-state index is 0.0863. The van der Waals surface area contributed by atoms with Crippen molar-refractivity contribution in [3.05, 3.63) is 58.4 Å². The molecule has 132 valence electrons. The number of aromatic nitrogens is 1. The fourth-order valence-corrected chi connectivity index (χ4v) is 3.08. The Kier molecular flexibility index (Phi) is 5.19. The normalized spacial score (nSPS) is 11.4. The topological polar surface area (TPSA) is 47.2 Å². The standard InChI is InChI=1S/C20H23ClN2O2/c1-13(2)8-9-22-20(24)18-11-19-17(10-14(3)25-19)23(18)12-15-6-4-5-7-16(15)21/h4-7,10-11,13H,8-9,12H2,1-3H3,(H,22,24). The van der Waals surface area contributed by atoms with Crippen LogP contribution in [0.4, 0.5) is 0 Å². The number of halogens is 1. The third kappa shape index (κ3) is 3.90. The monoisotopic (exact) mass is 358 g/mol. The SMILES string of the molecule is Cc1cc2c(cc(C(=O)NCCC(C)C)n2Cc2ccccc2Cl)o1. The maximum absolute atomic E-state index is 12.7. The number of aryl methyl sites for hydroxylation is 1. The van der Waals surface area contributed by atoms with Crippen molar-refractivity contribution in [3.8, 4) is 0 Å². The van der Waals surface area contributed by atoms with Crippen LogP contribution in [0.3, 0.4) is 0 Å². The Bertz CT molecular complexity index is 892. The summed E-state index contributed by atoms with van der Waals surface area (Å²) in [6.07, 6.45) is 0.951. The Morgan fingerprint density at radius 1 is 1.28 bits per heavy atom. The fraction of sp³-hybridized carbons (Fsp3) is 0.350. The first kappa shape index (κ1) is 17.6. The summed E-state index contributed by atoms with van der Waals surface area (Å²) in [5.41, 5.74) is 3.19. The molecule has 1 amide bonds. The van der Waals surface area contributed by atoms with E-state index in [1.54, 1.807) is 0 Å². The second kappa shape index (κ2) is 7.36. The zero-order chi connectivity index (χ0) is 18.0. The highest BCUT2D eigenvalue weighted by molar-refractivity contribution is 6.31. The molecule has 0 fully saturated rings. The van der Waals surface area contributed by atoms with Gasteiger partial charge in [0.2, 0.25) is 0 Å². The highest BCUT2D eigenvalue weighted by atomic mass is 35.5. The molecule has 0 bridgehead atoms. The predicted octanol–water partition coefficient (Wildman–Crippen LogP) is 5.02. The molecule has 0 aliphatic rings. The maximum Gasteiger partial charge on any atom is 0.268 e. The van der Waals surface area contributed by atoms with Crippen LogP contribution in [0.2, 0.25) is 5.02 Å². The van der Waals surface area contributed by atoms with E-state index in [1.165, 1.54) is 0 Å². The van der Waals surface area contributed by atoms with Crippen molar-refractivity contribution >= 4 is 28.6 Å². The molecule has 0 aliphatic heterocycles. The Labute approximate surface area is 152 Å². The third-order valence-electron chi connectivity index (χ3n) is 4.24. The lowest BCUT2D eigenvalue weighted by molar-refractivity contribution is 0.0943. The van der Waals surface area contributed by atoms with Crippen molar-refractivity contribution in [3.63, 3.8) is 0 Å². The Hall–Kier alpha value is -2.20. The van der Waals surface area contributed by atoms with Crippen molar-refractivity contribution in [2.45, 2.75) is 33.7 Å². The van der Waals surface area contributed by atoms with Crippen molar-refractivity contribution in [1.29, 1.82) is 0 Å². The van der Waals surface area contributed by atoms with Crippen molar-refractivity contribution in [2.75, 3.05) is 6.54 Å². The van der Waals surface area contributed by atoms with Gasteiger partial charge in [0.15, 0.2) is 5.58 Å². The van der Waals surface area contributed by atoms with Crippen LogP contribution in [-0.2, 0) is 6.54 Å². The minimum Gasteiger partial charge on any atom is -0.460 e. The first-order valence-electron chi connectivity index (χ1n) is 8.57. The molecule has 0 radical (unpaired) electrons. The number of rotatable bonds is 6. The molecule has 0 saturated heterocycles. The molecule has 25 heavy (non-hydrogen) atoms. The highest BCUT2D eigenvalue weighted by Crippen LogP contribution is 2.26. The number of amides is 1. The molecule has 0 spiro atoms.